The number of ether oxygens (including phenoxy) is 3. The minimum atomic E-state index is 0.241. The highest BCUT2D eigenvalue weighted by Gasteiger charge is 2.30. The van der Waals surface area contributed by atoms with Crippen molar-refractivity contribution < 1.29 is 14.2 Å². The Kier molecular flexibility index (Phi) is 4.14. The molecule has 0 saturated heterocycles. The van der Waals surface area contributed by atoms with E-state index in [0.29, 0.717) is 18.1 Å². The number of rotatable bonds is 6. The summed E-state index contributed by atoms with van der Waals surface area (Å²) in [5.74, 6) is 0.471. The van der Waals surface area contributed by atoms with E-state index >= 15 is 0 Å². The number of anilines is 1. The van der Waals surface area contributed by atoms with Crippen molar-refractivity contribution >= 4 is 5.95 Å². The van der Waals surface area contributed by atoms with Crippen molar-refractivity contribution in [1.82, 2.24) is 15.0 Å². The van der Waals surface area contributed by atoms with Crippen LogP contribution in [0.25, 0.3) is 0 Å². The second-order valence-corrected chi connectivity index (χ2v) is 4.02. The van der Waals surface area contributed by atoms with Crippen molar-refractivity contribution in [2.24, 2.45) is 0 Å². The van der Waals surface area contributed by atoms with E-state index in [0.717, 1.165) is 19.4 Å². The molecule has 100 valence electrons. The Bertz CT molecular complexity index is 374. The average Bonchev–Trinajstić information content (AvgIpc) is 2.35. The predicted molar refractivity (Wildman–Crippen MR) is 65.0 cm³/mol. The van der Waals surface area contributed by atoms with Gasteiger partial charge in [-0.3, -0.25) is 0 Å². The minimum absolute atomic E-state index is 0.241. The summed E-state index contributed by atoms with van der Waals surface area (Å²) < 4.78 is 15.5. The van der Waals surface area contributed by atoms with Crippen molar-refractivity contribution in [3.63, 3.8) is 0 Å². The molecule has 0 unspecified atom stereocenters. The van der Waals surface area contributed by atoms with Crippen LogP contribution in [0.15, 0.2) is 0 Å². The lowest BCUT2D eigenvalue weighted by atomic mass is 9.89. The van der Waals surface area contributed by atoms with Crippen molar-refractivity contribution in [1.29, 1.82) is 0 Å². The predicted octanol–water partition coefficient (Wildman–Crippen LogP) is 0.868. The van der Waals surface area contributed by atoms with Crippen molar-refractivity contribution in [2.75, 3.05) is 26.1 Å². The van der Waals surface area contributed by atoms with Gasteiger partial charge in [-0.05, 0) is 19.8 Å². The summed E-state index contributed by atoms with van der Waals surface area (Å²) in [6, 6.07) is 0.813. The van der Waals surface area contributed by atoms with E-state index in [2.05, 4.69) is 20.3 Å². The van der Waals surface area contributed by atoms with Crippen molar-refractivity contribution in [3.8, 4) is 12.0 Å². The number of nitrogens with one attached hydrogen (secondary N) is 1. The molecule has 1 aliphatic carbocycles. The lowest BCUT2D eigenvalue weighted by molar-refractivity contribution is 0.00283. The normalized spacial score (nSPS) is 22.2. The highest BCUT2D eigenvalue weighted by atomic mass is 16.5. The van der Waals surface area contributed by atoms with Gasteiger partial charge in [0.25, 0.3) is 0 Å². The van der Waals surface area contributed by atoms with E-state index in [-0.39, 0.29) is 12.0 Å². The first-order chi connectivity index (χ1) is 8.75. The van der Waals surface area contributed by atoms with E-state index in [4.69, 9.17) is 14.2 Å². The molecule has 1 aliphatic rings. The van der Waals surface area contributed by atoms with Crippen LogP contribution in [-0.2, 0) is 4.74 Å². The lowest BCUT2D eigenvalue weighted by Crippen LogP contribution is -2.41. The second kappa shape index (κ2) is 5.81. The molecule has 7 heteroatoms. The molecule has 1 saturated carbocycles. The van der Waals surface area contributed by atoms with Crippen LogP contribution >= 0.6 is 0 Å². The molecule has 0 aliphatic heterocycles. The molecular formula is C11H18N4O3. The smallest absolute Gasteiger partial charge is 0.324 e. The largest absolute Gasteiger partial charge is 0.467 e. The Balaban J connectivity index is 1.93. The van der Waals surface area contributed by atoms with Gasteiger partial charge in [-0.1, -0.05) is 0 Å². The van der Waals surface area contributed by atoms with E-state index in [9.17, 15) is 0 Å². The maximum absolute atomic E-state index is 5.49. The standard InChI is InChI=1S/C11H18N4O3/c1-4-18-8-5-7(6-8)12-9-13-10(16-2)15-11(14-9)17-3/h7-8H,4-6H2,1-3H3,(H,12,13,14,15). The van der Waals surface area contributed by atoms with Crippen LogP contribution in [0.2, 0.25) is 0 Å². The first-order valence-corrected chi connectivity index (χ1v) is 5.97. The van der Waals surface area contributed by atoms with Gasteiger partial charge in [0.2, 0.25) is 5.95 Å². The first-order valence-electron chi connectivity index (χ1n) is 5.97. The third-order valence-electron chi connectivity index (χ3n) is 2.79. The van der Waals surface area contributed by atoms with Crippen LogP contribution in [-0.4, -0.2) is 47.9 Å². The molecule has 18 heavy (non-hydrogen) atoms. The minimum Gasteiger partial charge on any atom is -0.467 e. The molecule has 0 radical (unpaired) electrons. The van der Waals surface area contributed by atoms with Crippen molar-refractivity contribution in [2.45, 2.75) is 31.9 Å². The number of aromatic nitrogens is 3. The molecule has 7 nitrogen and oxygen atoms in total. The van der Waals surface area contributed by atoms with Crippen LogP contribution in [0.3, 0.4) is 0 Å². The zero-order valence-electron chi connectivity index (χ0n) is 10.8. The van der Waals surface area contributed by atoms with Gasteiger partial charge in [-0.25, -0.2) is 0 Å². The Morgan fingerprint density at radius 3 is 2.22 bits per heavy atom. The summed E-state index contributed by atoms with van der Waals surface area (Å²) in [5.41, 5.74) is 0. The third-order valence-corrected chi connectivity index (χ3v) is 2.79. The fraction of sp³-hybridized carbons (Fsp3) is 0.727. The Hall–Kier alpha value is -1.63. The number of hydrogen-bond acceptors (Lipinski definition) is 7. The maximum atomic E-state index is 5.49. The number of methoxy groups -OCH3 is 2. The monoisotopic (exact) mass is 254 g/mol. The molecule has 0 spiro atoms. The van der Waals surface area contributed by atoms with Crippen LogP contribution < -0.4 is 14.8 Å². The van der Waals surface area contributed by atoms with Crippen LogP contribution in [0, 0.1) is 0 Å². The first kappa shape index (κ1) is 12.8. The topological polar surface area (TPSA) is 78.4 Å². The van der Waals surface area contributed by atoms with Gasteiger partial charge in [-0.15, -0.1) is 4.98 Å². The summed E-state index contributed by atoms with van der Waals surface area (Å²) >= 11 is 0. The quantitative estimate of drug-likeness (QED) is 0.806. The lowest BCUT2D eigenvalue weighted by Gasteiger charge is -2.35. The molecule has 0 atom stereocenters. The Labute approximate surface area is 106 Å². The molecule has 1 aromatic rings. The van der Waals surface area contributed by atoms with Gasteiger partial charge < -0.3 is 19.5 Å². The summed E-state index contributed by atoms with van der Waals surface area (Å²) in [4.78, 5) is 12.2. The van der Waals surface area contributed by atoms with Crippen LogP contribution in [0.1, 0.15) is 19.8 Å². The Morgan fingerprint density at radius 2 is 1.72 bits per heavy atom. The molecule has 1 heterocycles. The van der Waals surface area contributed by atoms with Gasteiger partial charge in [0, 0.05) is 12.6 Å². The SMILES string of the molecule is CCOC1CC(Nc2nc(OC)nc(OC)n2)C1. The Morgan fingerprint density at radius 1 is 1.11 bits per heavy atom. The highest BCUT2D eigenvalue weighted by molar-refractivity contribution is 5.30. The molecule has 0 amide bonds. The number of hydrogen-bond donors (Lipinski definition) is 1. The third kappa shape index (κ3) is 2.98. The van der Waals surface area contributed by atoms with Gasteiger partial charge in [0.1, 0.15) is 0 Å². The molecule has 1 N–H and O–H groups in total. The molecule has 1 fully saturated rings. The molecule has 0 aromatic carbocycles. The highest BCUT2D eigenvalue weighted by Crippen LogP contribution is 2.26. The fourth-order valence-electron chi connectivity index (χ4n) is 1.82. The summed E-state index contributed by atoms with van der Waals surface area (Å²) in [5, 5.41) is 3.21. The second-order valence-electron chi connectivity index (χ2n) is 4.02. The average molecular weight is 254 g/mol. The van der Waals surface area contributed by atoms with E-state index in [1.165, 1.54) is 14.2 Å². The zero-order chi connectivity index (χ0) is 13.0. The van der Waals surface area contributed by atoms with Crippen molar-refractivity contribution in [3.05, 3.63) is 0 Å². The summed E-state index contributed by atoms with van der Waals surface area (Å²) in [6.07, 6.45) is 2.27. The molecule has 0 bridgehead atoms. The summed E-state index contributed by atoms with van der Waals surface area (Å²) in [6.45, 7) is 2.76. The van der Waals surface area contributed by atoms with E-state index < -0.39 is 0 Å². The molecule has 2 rings (SSSR count). The summed E-state index contributed by atoms with van der Waals surface area (Å²) in [7, 11) is 3.01. The molecular weight excluding hydrogens is 236 g/mol. The van der Waals surface area contributed by atoms with Crippen LogP contribution in [0.4, 0.5) is 5.95 Å². The van der Waals surface area contributed by atoms with Gasteiger partial charge in [-0.2, -0.15) is 9.97 Å². The van der Waals surface area contributed by atoms with Gasteiger partial charge in [0.15, 0.2) is 0 Å². The fourth-order valence-corrected chi connectivity index (χ4v) is 1.82. The van der Waals surface area contributed by atoms with Gasteiger partial charge >= 0.3 is 12.0 Å². The van der Waals surface area contributed by atoms with E-state index in [1.54, 1.807) is 0 Å². The number of nitrogens with zero attached hydrogens (tertiary/aromatic N) is 3. The van der Waals surface area contributed by atoms with E-state index in [1.807, 2.05) is 6.92 Å². The van der Waals surface area contributed by atoms with Gasteiger partial charge in [0.05, 0.1) is 20.3 Å². The molecule has 1 aromatic heterocycles. The maximum Gasteiger partial charge on any atom is 0.324 e. The van der Waals surface area contributed by atoms with Crippen LogP contribution in [0.5, 0.6) is 12.0 Å². The zero-order valence-corrected chi connectivity index (χ0v) is 10.8.